The zero-order chi connectivity index (χ0) is 21.1. The number of rotatable bonds is 3. The maximum Gasteiger partial charge on any atom is 0.332 e. The Hall–Kier alpha value is -3.41. The summed E-state index contributed by atoms with van der Waals surface area (Å²) in [5.74, 6) is -1.08. The van der Waals surface area contributed by atoms with Gasteiger partial charge in [-0.2, -0.15) is 4.98 Å². The molecular formula is C15H16ClN7O5. The van der Waals surface area contributed by atoms with Gasteiger partial charge in [-0.25, -0.2) is 9.59 Å². The summed E-state index contributed by atoms with van der Waals surface area (Å²) in [4.78, 5) is 65.6. The van der Waals surface area contributed by atoms with Crippen molar-refractivity contribution in [1.82, 2.24) is 27.8 Å². The van der Waals surface area contributed by atoms with Gasteiger partial charge in [-0.1, -0.05) is 0 Å². The monoisotopic (exact) mass is 409 g/mol. The zero-order valence-corrected chi connectivity index (χ0v) is 16.1. The Bertz CT molecular complexity index is 1400. The molecule has 3 heterocycles. The van der Waals surface area contributed by atoms with Gasteiger partial charge >= 0.3 is 11.4 Å². The molecule has 3 aromatic heterocycles. The average Bonchev–Trinajstić information content (AvgIpc) is 2.98. The number of imidazole rings is 1. The Morgan fingerprint density at radius 1 is 0.929 bits per heavy atom. The highest BCUT2D eigenvalue weighted by Gasteiger charge is 2.24. The van der Waals surface area contributed by atoms with Crippen molar-refractivity contribution in [2.24, 2.45) is 28.2 Å². The van der Waals surface area contributed by atoms with Crippen LogP contribution in [0.5, 0.6) is 0 Å². The highest BCUT2D eigenvalue weighted by molar-refractivity contribution is 6.29. The minimum atomic E-state index is -0.869. The number of carbonyl (C=O) groups is 1. The highest BCUT2D eigenvalue weighted by Crippen LogP contribution is 2.17. The lowest BCUT2D eigenvalue weighted by molar-refractivity contribution is 0.0971. The molecule has 0 saturated carbocycles. The second-order valence-corrected chi connectivity index (χ2v) is 6.57. The van der Waals surface area contributed by atoms with Crippen LogP contribution in [0.4, 0.5) is 5.82 Å². The van der Waals surface area contributed by atoms with Gasteiger partial charge in [0.2, 0.25) is 5.28 Å². The van der Waals surface area contributed by atoms with Crippen LogP contribution in [0, 0.1) is 0 Å². The number of halogens is 1. The summed E-state index contributed by atoms with van der Waals surface area (Å²) in [5, 5.41) is -0.220. The second-order valence-electron chi connectivity index (χ2n) is 6.23. The second kappa shape index (κ2) is 6.34. The molecule has 13 heteroatoms. The smallest absolute Gasteiger partial charge is 0.332 e. The summed E-state index contributed by atoms with van der Waals surface area (Å²) < 4.78 is 4.76. The number of Topliss-reactive ketones (excluding diaryl/α,β-unsaturated/α-hetero) is 1. The average molecular weight is 410 g/mol. The number of ketones is 1. The zero-order valence-electron chi connectivity index (χ0n) is 15.4. The summed E-state index contributed by atoms with van der Waals surface area (Å²) in [7, 11) is 5.21. The van der Waals surface area contributed by atoms with Crippen molar-refractivity contribution in [3.63, 3.8) is 0 Å². The van der Waals surface area contributed by atoms with Gasteiger partial charge in [0.05, 0.1) is 6.54 Å². The SMILES string of the molecule is Cn1c(N)c(C(=O)Cn2c(Cl)nc3c2c(=O)n(C)c(=O)n3C)c(=O)n(C)c1=O. The topological polar surface area (TPSA) is 149 Å². The molecule has 0 aliphatic rings. The standard InChI is InChI=1S/C15H16ClN7O5/c1-19-9(17)7(11(25)21(3)14(19)27)6(24)5-23-8-10(18-13(23)16)20(2)15(28)22(4)12(8)26/h5,17H2,1-4H3. The molecule has 0 aromatic carbocycles. The fourth-order valence-electron chi connectivity index (χ4n) is 2.91. The summed E-state index contributed by atoms with van der Waals surface area (Å²) in [6, 6.07) is 0. The lowest BCUT2D eigenvalue weighted by Crippen LogP contribution is -2.42. The van der Waals surface area contributed by atoms with E-state index in [9.17, 15) is 24.0 Å². The van der Waals surface area contributed by atoms with Crippen LogP contribution < -0.4 is 28.2 Å². The van der Waals surface area contributed by atoms with E-state index in [1.165, 1.54) is 28.2 Å². The lowest BCUT2D eigenvalue weighted by Gasteiger charge is -2.11. The molecule has 0 unspecified atom stereocenters. The predicted octanol–water partition coefficient (Wildman–Crippen LogP) is -2.05. The molecule has 28 heavy (non-hydrogen) atoms. The number of carbonyl (C=O) groups excluding carboxylic acids is 1. The molecule has 2 N–H and O–H groups in total. The fraction of sp³-hybridized carbons (Fsp3) is 0.333. The number of hydrogen-bond donors (Lipinski definition) is 1. The first-order valence-corrected chi connectivity index (χ1v) is 8.27. The summed E-state index contributed by atoms with van der Waals surface area (Å²) in [6.45, 7) is -0.541. The largest absolute Gasteiger partial charge is 0.384 e. The van der Waals surface area contributed by atoms with Crippen molar-refractivity contribution in [1.29, 1.82) is 0 Å². The fourth-order valence-corrected chi connectivity index (χ4v) is 3.13. The first-order chi connectivity index (χ1) is 13.0. The van der Waals surface area contributed by atoms with Crippen molar-refractivity contribution >= 4 is 34.4 Å². The summed E-state index contributed by atoms with van der Waals surface area (Å²) in [6.07, 6.45) is 0. The van der Waals surface area contributed by atoms with Crippen molar-refractivity contribution in [2.75, 3.05) is 5.73 Å². The van der Waals surface area contributed by atoms with Crippen LogP contribution in [0.1, 0.15) is 10.4 Å². The van der Waals surface area contributed by atoms with Crippen LogP contribution >= 0.6 is 11.6 Å². The quantitative estimate of drug-likeness (QED) is 0.386. The van der Waals surface area contributed by atoms with Crippen molar-refractivity contribution in [3.8, 4) is 0 Å². The summed E-state index contributed by atoms with van der Waals surface area (Å²) in [5.41, 5.74) is 2.42. The minimum Gasteiger partial charge on any atom is -0.384 e. The maximum atomic E-state index is 12.8. The number of nitrogens with two attached hydrogens (primary N) is 1. The molecule has 0 fully saturated rings. The van der Waals surface area contributed by atoms with E-state index in [0.717, 1.165) is 22.8 Å². The van der Waals surface area contributed by atoms with Crippen LogP contribution in [0.15, 0.2) is 19.2 Å². The Kier molecular flexibility index (Phi) is 4.38. The number of anilines is 1. The van der Waals surface area contributed by atoms with E-state index in [1.807, 2.05) is 0 Å². The van der Waals surface area contributed by atoms with E-state index in [4.69, 9.17) is 17.3 Å². The lowest BCUT2D eigenvalue weighted by atomic mass is 10.2. The number of nitrogen functional groups attached to an aromatic ring is 1. The summed E-state index contributed by atoms with van der Waals surface area (Å²) >= 11 is 6.08. The molecule has 0 spiro atoms. The molecule has 3 aromatic rings. The van der Waals surface area contributed by atoms with Crippen LogP contribution in [-0.2, 0) is 34.7 Å². The number of fused-ring (bicyclic) bond motifs is 1. The first kappa shape index (κ1) is 19.4. The predicted molar refractivity (Wildman–Crippen MR) is 101 cm³/mol. The highest BCUT2D eigenvalue weighted by atomic mass is 35.5. The molecule has 3 rings (SSSR count). The van der Waals surface area contributed by atoms with E-state index in [-0.39, 0.29) is 22.3 Å². The van der Waals surface area contributed by atoms with Gasteiger partial charge in [0.15, 0.2) is 16.9 Å². The molecule has 148 valence electrons. The molecule has 12 nitrogen and oxygen atoms in total. The first-order valence-electron chi connectivity index (χ1n) is 7.89. The van der Waals surface area contributed by atoms with E-state index in [2.05, 4.69) is 4.98 Å². The Morgan fingerprint density at radius 2 is 1.46 bits per heavy atom. The van der Waals surface area contributed by atoms with Crippen molar-refractivity contribution in [2.45, 2.75) is 6.54 Å². The van der Waals surface area contributed by atoms with Crippen molar-refractivity contribution < 1.29 is 4.79 Å². The molecular weight excluding hydrogens is 394 g/mol. The number of nitrogens with zero attached hydrogens (tertiary/aromatic N) is 6. The van der Waals surface area contributed by atoms with Crippen LogP contribution in [0.25, 0.3) is 11.2 Å². The number of aryl methyl sites for hydroxylation is 1. The molecule has 0 aliphatic heterocycles. The number of aromatic nitrogens is 6. The maximum absolute atomic E-state index is 12.8. The van der Waals surface area contributed by atoms with E-state index in [1.54, 1.807) is 0 Å². The molecule has 0 bridgehead atoms. The van der Waals surface area contributed by atoms with Gasteiger partial charge in [-0.15, -0.1) is 0 Å². The van der Waals surface area contributed by atoms with Crippen LogP contribution in [0.2, 0.25) is 5.28 Å². The van der Waals surface area contributed by atoms with Gasteiger partial charge in [0.25, 0.3) is 11.1 Å². The molecule has 0 saturated heterocycles. The third kappa shape index (κ3) is 2.52. The van der Waals surface area contributed by atoms with Crippen LogP contribution in [-0.4, -0.2) is 33.6 Å². The Morgan fingerprint density at radius 3 is 2.07 bits per heavy atom. The normalized spacial score (nSPS) is 11.3. The van der Waals surface area contributed by atoms with Gasteiger partial charge in [0, 0.05) is 28.2 Å². The van der Waals surface area contributed by atoms with Gasteiger partial charge in [-0.3, -0.25) is 32.7 Å². The van der Waals surface area contributed by atoms with Crippen molar-refractivity contribution in [3.05, 3.63) is 52.5 Å². The van der Waals surface area contributed by atoms with Gasteiger partial charge in [-0.05, 0) is 11.6 Å². The molecule has 0 atom stereocenters. The van der Waals surface area contributed by atoms with E-state index in [0.29, 0.717) is 0 Å². The van der Waals surface area contributed by atoms with E-state index < -0.39 is 40.4 Å². The van der Waals surface area contributed by atoms with Gasteiger partial charge < -0.3 is 10.3 Å². The molecule has 0 aliphatic carbocycles. The molecule has 0 amide bonds. The van der Waals surface area contributed by atoms with E-state index >= 15 is 0 Å². The Labute approximate surface area is 160 Å². The number of hydrogen-bond acceptors (Lipinski definition) is 7. The third-order valence-electron chi connectivity index (χ3n) is 4.59. The molecule has 0 radical (unpaired) electrons. The van der Waals surface area contributed by atoms with Gasteiger partial charge in [0.1, 0.15) is 11.4 Å². The Balaban J connectivity index is 2.26. The third-order valence-corrected chi connectivity index (χ3v) is 4.88. The van der Waals surface area contributed by atoms with Crippen LogP contribution in [0.3, 0.4) is 0 Å². The minimum absolute atomic E-state index is 0.00719.